The number of hydrogen-bond acceptors (Lipinski definition) is 3. The van der Waals surface area contributed by atoms with E-state index in [-0.39, 0.29) is 24.4 Å². The first-order chi connectivity index (χ1) is 6.93. The molecule has 3 nitrogen and oxygen atoms in total. The Labute approximate surface area is 84.4 Å². The molecule has 0 unspecified atom stereocenters. The summed E-state index contributed by atoms with van der Waals surface area (Å²) in [6, 6.07) is 0.778. The molecule has 0 atom stereocenters. The summed E-state index contributed by atoms with van der Waals surface area (Å²) < 4.78 is 36.6. The van der Waals surface area contributed by atoms with Crippen LogP contribution in [-0.4, -0.2) is 15.8 Å². The van der Waals surface area contributed by atoms with Gasteiger partial charge < -0.3 is 0 Å². The maximum Gasteiger partial charge on any atom is 0.433 e. The standard InChI is InChI=1S/C9H9F3N2O/c1-2-6(15)5-8-13-4-3-7(14-8)9(10,11)12/h3-4H,2,5H2,1H3. The summed E-state index contributed by atoms with van der Waals surface area (Å²) in [4.78, 5) is 17.9. The van der Waals surface area contributed by atoms with Crippen molar-refractivity contribution in [2.45, 2.75) is 25.9 Å². The smallest absolute Gasteiger partial charge is 0.299 e. The molecular formula is C9H9F3N2O. The van der Waals surface area contributed by atoms with Crippen molar-refractivity contribution in [1.82, 2.24) is 9.97 Å². The lowest BCUT2D eigenvalue weighted by molar-refractivity contribution is -0.141. The van der Waals surface area contributed by atoms with Gasteiger partial charge in [-0.1, -0.05) is 6.92 Å². The van der Waals surface area contributed by atoms with Gasteiger partial charge in [-0.25, -0.2) is 9.97 Å². The summed E-state index contributed by atoms with van der Waals surface area (Å²) in [5.74, 6) is -0.272. The number of Topliss-reactive ketones (excluding diaryl/α,β-unsaturated/α-hetero) is 1. The van der Waals surface area contributed by atoms with Gasteiger partial charge in [0.1, 0.15) is 17.3 Å². The van der Waals surface area contributed by atoms with Crippen LogP contribution in [-0.2, 0) is 17.4 Å². The third-order valence-corrected chi connectivity index (χ3v) is 1.75. The zero-order valence-corrected chi connectivity index (χ0v) is 8.01. The van der Waals surface area contributed by atoms with Crippen molar-refractivity contribution in [3.05, 3.63) is 23.8 Å². The van der Waals surface area contributed by atoms with Crippen LogP contribution in [0.4, 0.5) is 13.2 Å². The lowest BCUT2D eigenvalue weighted by Crippen LogP contribution is -2.12. The van der Waals surface area contributed by atoms with E-state index in [2.05, 4.69) is 9.97 Å². The minimum Gasteiger partial charge on any atom is -0.299 e. The van der Waals surface area contributed by atoms with Crippen molar-refractivity contribution in [3.8, 4) is 0 Å². The maximum absolute atomic E-state index is 12.2. The predicted molar refractivity (Wildman–Crippen MR) is 46.0 cm³/mol. The number of carbonyl (C=O) groups excluding carboxylic acids is 1. The van der Waals surface area contributed by atoms with Gasteiger partial charge in [0.15, 0.2) is 0 Å². The molecule has 15 heavy (non-hydrogen) atoms. The van der Waals surface area contributed by atoms with Crippen LogP contribution in [0.25, 0.3) is 0 Å². The Morgan fingerprint density at radius 1 is 1.47 bits per heavy atom. The Bertz CT molecular complexity index is 363. The molecule has 1 rings (SSSR count). The second-order valence-corrected chi connectivity index (χ2v) is 2.92. The fraction of sp³-hybridized carbons (Fsp3) is 0.444. The van der Waals surface area contributed by atoms with Crippen LogP contribution in [0.3, 0.4) is 0 Å². The summed E-state index contributed by atoms with van der Waals surface area (Å²) in [6.45, 7) is 1.63. The number of rotatable bonds is 3. The number of halogens is 3. The van der Waals surface area contributed by atoms with E-state index in [1.165, 1.54) is 0 Å². The van der Waals surface area contributed by atoms with Gasteiger partial charge in [0.05, 0.1) is 6.42 Å². The van der Waals surface area contributed by atoms with Gasteiger partial charge in [0.2, 0.25) is 0 Å². The van der Waals surface area contributed by atoms with E-state index in [4.69, 9.17) is 0 Å². The fourth-order valence-electron chi connectivity index (χ4n) is 0.943. The highest BCUT2D eigenvalue weighted by molar-refractivity contribution is 5.79. The molecule has 0 aromatic carbocycles. The molecule has 0 fully saturated rings. The van der Waals surface area contributed by atoms with Crippen molar-refractivity contribution in [3.63, 3.8) is 0 Å². The minimum atomic E-state index is -4.49. The number of nitrogens with zero attached hydrogens (tertiary/aromatic N) is 2. The average molecular weight is 218 g/mol. The Kier molecular flexibility index (Phi) is 3.39. The van der Waals surface area contributed by atoms with E-state index in [9.17, 15) is 18.0 Å². The third kappa shape index (κ3) is 3.30. The second-order valence-electron chi connectivity index (χ2n) is 2.92. The highest BCUT2D eigenvalue weighted by atomic mass is 19.4. The summed E-state index contributed by atoms with van der Waals surface area (Å²) in [7, 11) is 0. The topological polar surface area (TPSA) is 42.9 Å². The van der Waals surface area contributed by atoms with Crippen LogP contribution in [0.1, 0.15) is 24.9 Å². The van der Waals surface area contributed by atoms with Crippen LogP contribution < -0.4 is 0 Å². The Hall–Kier alpha value is -1.46. The normalized spacial score (nSPS) is 11.5. The number of carbonyl (C=O) groups is 1. The molecular weight excluding hydrogens is 209 g/mol. The first kappa shape index (κ1) is 11.6. The van der Waals surface area contributed by atoms with Crippen molar-refractivity contribution in [2.24, 2.45) is 0 Å². The quantitative estimate of drug-likeness (QED) is 0.779. The van der Waals surface area contributed by atoms with Crippen LogP contribution in [0, 0.1) is 0 Å². The largest absolute Gasteiger partial charge is 0.433 e. The lowest BCUT2D eigenvalue weighted by Gasteiger charge is -2.06. The fourth-order valence-corrected chi connectivity index (χ4v) is 0.943. The highest BCUT2D eigenvalue weighted by Gasteiger charge is 2.32. The summed E-state index contributed by atoms with van der Waals surface area (Å²) in [5.41, 5.74) is -1.02. The van der Waals surface area contributed by atoms with Gasteiger partial charge in [-0.15, -0.1) is 0 Å². The van der Waals surface area contributed by atoms with Gasteiger partial charge in [-0.05, 0) is 6.07 Å². The monoisotopic (exact) mass is 218 g/mol. The van der Waals surface area contributed by atoms with E-state index in [1.807, 2.05) is 0 Å². The summed E-state index contributed by atoms with van der Waals surface area (Å²) in [6.07, 6.45) is -3.37. The van der Waals surface area contributed by atoms with Crippen LogP contribution in [0.15, 0.2) is 12.3 Å². The number of alkyl halides is 3. The van der Waals surface area contributed by atoms with E-state index in [0.29, 0.717) is 0 Å². The zero-order chi connectivity index (χ0) is 11.5. The highest BCUT2D eigenvalue weighted by Crippen LogP contribution is 2.26. The molecule has 0 aliphatic heterocycles. The second kappa shape index (κ2) is 4.37. The van der Waals surface area contributed by atoms with Gasteiger partial charge in [0.25, 0.3) is 0 Å². The average Bonchev–Trinajstić information content (AvgIpc) is 2.17. The molecule has 0 radical (unpaired) electrons. The van der Waals surface area contributed by atoms with Gasteiger partial charge in [-0.2, -0.15) is 13.2 Å². The molecule has 1 heterocycles. The van der Waals surface area contributed by atoms with Crippen LogP contribution >= 0.6 is 0 Å². The lowest BCUT2D eigenvalue weighted by atomic mass is 10.2. The Balaban J connectivity index is 2.88. The molecule has 0 N–H and O–H groups in total. The predicted octanol–water partition coefficient (Wildman–Crippen LogP) is 2.02. The van der Waals surface area contributed by atoms with E-state index in [1.54, 1.807) is 6.92 Å². The molecule has 0 bridgehead atoms. The number of ketones is 1. The summed E-state index contributed by atoms with van der Waals surface area (Å²) >= 11 is 0. The molecule has 0 aliphatic rings. The molecule has 82 valence electrons. The minimum absolute atomic E-state index is 0.0864. The van der Waals surface area contributed by atoms with Gasteiger partial charge in [0, 0.05) is 12.6 Å². The molecule has 0 saturated carbocycles. The van der Waals surface area contributed by atoms with Crippen LogP contribution in [0.2, 0.25) is 0 Å². The first-order valence-electron chi connectivity index (χ1n) is 4.34. The Morgan fingerprint density at radius 3 is 2.67 bits per heavy atom. The van der Waals surface area contributed by atoms with Crippen molar-refractivity contribution in [1.29, 1.82) is 0 Å². The molecule has 1 aromatic rings. The molecule has 0 spiro atoms. The summed E-state index contributed by atoms with van der Waals surface area (Å²) in [5, 5.41) is 0. The third-order valence-electron chi connectivity index (χ3n) is 1.75. The number of aromatic nitrogens is 2. The molecule has 0 aliphatic carbocycles. The van der Waals surface area contributed by atoms with Gasteiger partial charge >= 0.3 is 6.18 Å². The van der Waals surface area contributed by atoms with Crippen molar-refractivity contribution < 1.29 is 18.0 Å². The molecule has 6 heteroatoms. The van der Waals surface area contributed by atoms with Crippen LogP contribution in [0.5, 0.6) is 0 Å². The van der Waals surface area contributed by atoms with E-state index < -0.39 is 11.9 Å². The SMILES string of the molecule is CCC(=O)Cc1nccc(C(F)(F)F)n1. The zero-order valence-electron chi connectivity index (χ0n) is 8.01. The van der Waals surface area contributed by atoms with Gasteiger partial charge in [-0.3, -0.25) is 4.79 Å². The molecule has 1 aromatic heterocycles. The maximum atomic E-state index is 12.2. The van der Waals surface area contributed by atoms with E-state index in [0.717, 1.165) is 12.3 Å². The number of hydrogen-bond donors (Lipinski definition) is 0. The van der Waals surface area contributed by atoms with Crippen molar-refractivity contribution in [2.75, 3.05) is 0 Å². The van der Waals surface area contributed by atoms with E-state index >= 15 is 0 Å². The Morgan fingerprint density at radius 2 is 2.13 bits per heavy atom. The first-order valence-corrected chi connectivity index (χ1v) is 4.34. The van der Waals surface area contributed by atoms with Crippen molar-refractivity contribution >= 4 is 5.78 Å². The molecule has 0 amide bonds. The molecule has 0 saturated heterocycles.